The predicted molar refractivity (Wildman–Crippen MR) is 127 cm³/mol. The number of likely N-dealkylation sites (N-methyl/N-ethyl adjacent to an activating group) is 1. The number of rotatable bonds is 9. The Kier molecular flexibility index (Phi) is 8.14. The molecule has 1 aliphatic rings. The minimum atomic E-state index is -4.04. The van der Waals surface area contributed by atoms with Crippen LogP contribution in [0, 0.1) is 10.1 Å². The van der Waals surface area contributed by atoms with Crippen molar-refractivity contribution in [2.75, 3.05) is 33.4 Å². The molecule has 1 atom stereocenters. The van der Waals surface area contributed by atoms with E-state index >= 15 is 0 Å². The number of nitro groups is 1. The fourth-order valence-corrected chi connectivity index (χ4v) is 4.81. The van der Waals surface area contributed by atoms with E-state index in [0.29, 0.717) is 11.3 Å². The zero-order valence-corrected chi connectivity index (χ0v) is 19.7. The van der Waals surface area contributed by atoms with Gasteiger partial charge in [-0.3, -0.25) is 10.1 Å². The standard InChI is InChI=1S/C21H24ClN5O5S/c1-3-25(13-14-32-2)33(30,31)24-21(22)26-15-19(16-7-5-4-6-8-16)20(23-26)17-9-11-18(12-10-17)27(28)29/h4-12,19H,3,13-15H2,1-2H3. The van der Waals surface area contributed by atoms with Gasteiger partial charge >= 0.3 is 10.2 Å². The van der Waals surface area contributed by atoms with Crippen molar-refractivity contribution in [2.45, 2.75) is 12.8 Å². The Morgan fingerprint density at radius 1 is 1.27 bits per heavy atom. The molecule has 0 spiro atoms. The van der Waals surface area contributed by atoms with Crippen LogP contribution in [0.5, 0.6) is 0 Å². The number of non-ortho nitro benzene ring substituents is 1. The molecule has 0 N–H and O–H groups in total. The number of ether oxygens (including phenoxy) is 1. The van der Waals surface area contributed by atoms with Crippen LogP contribution in [0.1, 0.15) is 24.0 Å². The van der Waals surface area contributed by atoms with Crippen LogP contribution in [-0.4, -0.2) is 67.0 Å². The maximum absolute atomic E-state index is 12.7. The number of hydrazone groups is 1. The normalized spacial score (nSPS) is 16.8. The van der Waals surface area contributed by atoms with Crippen molar-refractivity contribution in [3.8, 4) is 0 Å². The number of nitro benzene ring substituents is 1. The van der Waals surface area contributed by atoms with E-state index < -0.39 is 15.1 Å². The zero-order valence-electron chi connectivity index (χ0n) is 18.2. The highest BCUT2D eigenvalue weighted by atomic mass is 35.5. The van der Waals surface area contributed by atoms with Gasteiger partial charge in [0, 0.05) is 38.2 Å². The van der Waals surface area contributed by atoms with Gasteiger partial charge in [0.25, 0.3) is 5.69 Å². The SMILES string of the molecule is CCN(CCOC)S(=O)(=O)N=C(Cl)N1CC(c2ccccc2)C(c2ccc([N+](=O)[O-])cc2)=N1. The monoisotopic (exact) mass is 493 g/mol. The molecule has 0 saturated carbocycles. The maximum Gasteiger partial charge on any atom is 0.325 e. The van der Waals surface area contributed by atoms with E-state index in [1.807, 2.05) is 30.3 Å². The minimum absolute atomic E-state index is 0.0353. The lowest BCUT2D eigenvalue weighted by atomic mass is 9.90. The van der Waals surface area contributed by atoms with E-state index in [9.17, 15) is 18.5 Å². The Bertz CT molecular complexity index is 1140. The molecule has 33 heavy (non-hydrogen) atoms. The largest absolute Gasteiger partial charge is 0.383 e. The van der Waals surface area contributed by atoms with Crippen LogP contribution in [-0.2, 0) is 14.9 Å². The van der Waals surface area contributed by atoms with E-state index in [1.54, 1.807) is 19.1 Å². The number of nitrogens with zero attached hydrogens (tertiary/aromatic N) is 5. The van der Waals surface area contributed by atoms with Gasteiger partial charge in [-0.25, -0.2) is 5.01 Å². The van der Waals surface area contributed by atoms with Gasteiger partial charge in [0.05, 0.1) is 23.8 Å². The summed E-state index contributed by atoms with van der Waals surface area (Å²) in [5.74, 6) is -0.241. The second-order valence-corrected chi connectivity index (χ2v) is 9.09. The third kappa shape index (κ3) is 5.93. The molecule has 0 aromatic heterocycles. The summed E-state index contributed by atoms with van der Waals surface area (Å²) in [6.07, 6.45) is 0. The van der Waals surface area contributed by atoms with Gasteiger partial charge in [-0.1, -0.05) is 37.3 Å². The molecule has 2 aromatic rings. The second-order valence-electron chi connectivity index (χ2n) is 7.16. The van der Waals surface area contributed by atoms with E-state index in [0.717, 1.165) is 9.87 Å². The topological polar surface area (TPSA) is 118 Å². The van der Waals surface area contributed by atoms with Crippen molar-refractivity contribution in [1.29, 1.82) is 0 Å². The van der Waals surface area contributed by atoms with Gasteiger partial charge in [0.1, 0.15) is 0 Å². The summed E-state index contributed by atoms with van der Waals surface area (Å²) in [4.78, 5) is 10.5. The summed E-state index contributed by atoms with van der Waals surface area (Å²) in [5.41, 5.74) is 2.18. The van der Waals surface area contributed by atoms with Gasteiger partial charge in [-0.2, -0.15) is 17.8 Å². The fraction of sp³-hybridized carbons (Fsp3) is 0.333. The van der Waals surface area contributed by atoms with Crippen molar-refractivity contribution in [3.63, 3.8) is 0 Å². The number of benzene rings is 2. The summed E-state index contributed by atoms with van der Waals surface area (Å²) < 4.78 is 35.3. The Balaban J connectivity index is 1.95. The molecule has 1 heterocycles. The molecule has 0 saturated heterocycles. The summed E-state index contributed by atoms with van der Waals surface area (Å²) in [6, 6.07) is 15.6. The summed E-state index contributed by atoms with van der Waals surface area (Å²) in [7, 11) is -2.55. The van der Waals surface area contributed by atoms with Crippen molar-refractivity contribution < 1.29 is 18.1 Å². The fourth-order valence-electron chi connectivity index (χ4n) is 3.41. The van der Waals surface area contributed by atoms with E-state index in [-0.39, 0.29) is 43.1 Å². The molecule has 2 aromatic carbocycles. The Hall–Kier alpha value is -2.86. The van der Waals surface area contributed by atoms with Crippen LogP contribution in [0.15, 0.2) is 64.1 Å². The summed E-state index contributed by atoms with van der Waals surface area (Å²) in [6.45, 7) is 2.54. The average Bonchev–Trinajstić information content (AvgIpc) is 3.25. The van der Waals surface area contributed by atoms with Crippen molar-refractivity contribution in [2.24, 2.45) is 9.50 Å². The van der Waals surface area contributed by atoms with Gasteiger partial charge in [-0.15, -0.1) is 4.40 Å². The average molecular weight is 494 g/mol. The van der Waals surface area contributed by atoms with Crippen molar-refractivity contribution >= 4 is 38.5 Å². The van der Waals surface area contributed by atoms with Gasteiger partial charge < -0.3 is 4.74 Å². The number of methoxy groups -OCH3 is 1. The van der Waals surface area contributed by atoms with E-state index in [1.165, 1.54) is 24.3 Å². The molecule has 1 unspecified atom stereocenters. The lowest BCUT2D eigenvalue weighted by Crippen LogP contribution is -2.34. The van der Waals surface area contributed by atoms with Crippen molar-refractivity contribution in [3.05, 3.63) is 75.8 Å². The van der Waals surface area contributed by atoms with Crippen LogP contribution < -0.4 is 0 Å². The number of halogens is 1. The molecule has 12 heteroatoms. The molecule has 3 rings (SSSR count). The van der Waals surface area contributed by atoms with Gasteiger partial charge in [0.15, 0.2) is 0 Å². The highest BCUT2D eigenvalue weighted by Crippen LogP contribution is 2.30. The highest BCUT2D eigenvalue weighted by molar-refractivity contribution is 7.88. The van der Waals surface area contributed by atoms with E-state index in [2.05, 4.69) is 9.50 Å². The Labute approximate surface area is 197 Å². The van der Waals surface area contributed by atoms with Crippen LogP contribution in [0.4, 0.5) is 5.69 Å². The summed E-state index contributed by atoms with van der Waals surface area (Å²) >= 11 is 6.32. The molecule has 0 aliphatic carbocycles. The lowest BCUT2D eigenvalue weighted by Gasteiger charge is -2.18. The maximum atomic E-state index is 12.7. The van der Waals surface area contributed by atoms with E-state index in [4.69, 9.17) is 16.3 Å². The molecule has 0 bridgehead atoms. The first-order chi connectivity index (χ1) is 15.8. The van der Waals surface area contributed by atoms with Crippen LogP contribution in [0.2, 0.25) is 0 Å². The van der Waals surface area contributed by atoms with Gasteiger partial charge in [0.2, 0.25) is 5.29 Å². The smallest absolute Gasteiger partial charge is 0.325 e. The molecular formula is C21H24ClN5O5S. The van der Waals surface area contributed by atoms with Crippen LogP contribution in [0.3, 0.4) is 0 Å². The molecule has 0 fully saturated rings. The number of hydrogen-bond acceptors (Lipinski definition) is 6. The first kappa shape index (κ1) is 24.8. The summed E-state index contributed by atoms with van der Waals surface area (Å²) in [5, 5.41) is 16.6. The lowest BCUT2D eigenvalue weighted by molar-refractivity contribution is -0.384. The second kappa shape index (κ2) is 10.8. The van der Waals surface area contributed by atoms with Gasteiger partial charge in [-0.05, 0) is 34.9 Å². The molecule has 1 aliphatic heterocycles. The highest BCUT2D eigenvalue weighted by Gasteiger charge is 2.32. The molecular weight excluding hydrogens is 470 g/mol. The first-order valence-corrected chi connectivity index (χ1v) is 11.9. The Morgan fingerprint density at radius 2 is 1.94 bits per heavy atom. The minimum Gasteiger partial charge on any atom is -0.383 e. The molecule has 0 radical (unpaired) electrons. The first-order valence-electron chi connectivity index (χ1n) is 10.2. The molecule has 10 nitrogen and oxygen atoms in total. The predicted octanol–water partition coefficient (Wildman–Crippen LogP) is 3.21. The quantitative estimate of drug-likeness (QED) is 0.174. The molecule has 0 amide bonds. The Morgan fingerprint density at radius 3 is 2.52 bits per heavy atom. The molecule has 176 valence electrons. The number of amidine groups is 1. The zero-order chi connectivity index (χ0) is 24.0. The third-order valence-corrected chi connectivity index (χ3v) is 6.99. The van der Waals surface area contributed by atoms with Crippen molar-refractivity contribution in [1.82, 2.24) is 9.31 Å². The number of hydrogen-bond donors (Lipinski definition) is 0. The van der Waals surface area contributed by atoms with Crippen LogP contribution in [0.25, 0.3) is 0 Å². The third-order valence-electron chi connectivity index (χ3n) is 5.12. The van der Waals surface area contributed by atoms with Crippen LogP contribution >= 0.6 is 11.6 Å².